The van der Waals surface area contributed by atoms with Gasteiger partial charge in [0.1, 0.15) is 0 Å². The number of carbonyl (C=O) groups is 1. The molecule has 2 aromatic carbocycles. The van der Waals surface area contributed by atoms with Crippen molar-refractivity contribution in [3.63, 3.8) is 0 Å². The van der Waals surface area contributed by atoms with Crippen LogP contribution in [0.4, 0.5) is 5.69 Å². The van der Waals surface area contributed by atoms with E-state index in [1.165, 1.54) is 11.8 Å². The third-order valence-corrected chi connectivity index (χ3v) is 7.06. The van der Waals surface area contributed by atoms with Crippen molar-refractivity contribution >= 4 is 34.3 Å². The Balaban J connectivity index is 1.28. The molecule has 1 saturated carbocycles. The second-order valence-corrected chi connectivity index (χ2v) is 9.48. The largest absolute Gasteiger partial charge is 0.448 e. The monoisotopic (exact) mass is 465 g/mol. The average Bonchev–Trinajstić information content (AvgIpc) is 3.42. The highest BCUT2D eigenvalue weighted by molar-refractivity contribution is 7.99. The van der Waals surface area contributed by atoms with E-state index in [4.69, 9.17) is 9.47 Å². The van der Waals surface area contributed by atoms with Crippen LogP contribution in [0.25, 0.3) is 10.9 Å². The van der Waals surface area contributed by atoms with Crippen molar-refractivity contribution in [2.45, 2.75) is 62.9 Å². The summed E-state index contributed by atoms with van der Waals surface area (Å²) in [6.45, 7) is 2.67. The van der Waals surface area contributed by atoms with Gasteiger partial charge >= 0.3 is 0 Å². The third kappa shape index (κ3) is 4.44. The number of thioether (sulfide) groups is 1. The van der Waals surface area contributed by atoms with Gasteiger partial charge in [-0.15, -0.1) is 0 Å². The lowest BCUT2D eigenvalue weighted by molar-refractivity contribution is -0.113. The molecule has 0 radical (unpaired) electrons. The summed E-state index contributed by atoms with van der Waals surface area (Å²) in [6.07, 6.45) is 5.81. The summed E-state index contributed by atoms with van der Waals surface area (Å²) in [6, 6.07) is 12.8. The summed E-state index contributed by atoms with van der Waals surface area (Å²) in [5.74, 6) is 0.857. The average molecular weight is 466 g/mol. The van der Waals surface area contributed by atoms with Crippen molar-refractivity contribution in [2.75, 3.05) is 11.1 Å². The third-order valence-electron chi connectivity index (χ3n) is 6.08. The highest BCUT2D eigenvalue weighted by Gasteiger charge is 2.44. The summed E-state index contributed by atoms with van der Waals surface area (Å²) < 4.78 is 13.8. The first-order valence-corrected chi connectivity index (χ1v) is 12.5. The molecule has 1 aromatic heterocycles. The van der Waals surface area contributed by atoms with Gasteiger partial charge in [0.15, 0.2) is 16.7 Å². The van der Waals surface area contributed by atoms with Gasteiger partial charge in [-0.3, -0.25) is 14.2 Å². The van der Waals surface area contributed by atoms with Gasteiger partial charge in [0.25, 0.3) is 11.3 Å². The standard InChI is InChI=1S/C25H27N3O4S/c1-2-3-14-28-23(30)18-8-4-5-9-19(18)27-24(28)33-16-22(29)26-17-10-11-20-21(15-17)32-25(31-20)12-6-7-13-25/h4-5,8-11,15H,2-3,6-7,12-14,16H2,1H3,(H,26,29). The number of ether oxygens (including phenoxy) is 2. The van der Waals surface area contributed by atoms with Crippen LogP contribution in [0.5, 0.6) is 11.5 Å². The number of nitrogens with zero attached hydrogens (tertiary/aromatic N) is 2. The molecule has 3 aromatic rings. The number of carbonyl (C=O) groups excluding carboxylic acids is 1. The van der Waals surface area contributed by atoms with Crippen LogP contribution in [0.1, 0.15) is 45.4 Å². The molecule has 172 valence electrons. The molecule has 1 amide bonds. The molecule has 2 heterocycles. The van der Waals surface area contributed by atoms with E-state index in [2.05, 4.69) is 17.2 Å². The van der Waals surface area contributed by atoms with Crippen LogP contribution < -0.4 is 20.3 Å². The topological polar surface area (TPSA) is 82.5 Å². The van der Waals surface area contributed by atoms with E-state index in [9.17, 15) is 9.59 Å². The van der Waals surface area contributed by atoms with Crippen LogP contribution in [0, 0.1) is 0 Å². The minimum Gasteiger partial charge on any atom is -0.448 e. The van der Waals surface area contributed by atoms with Gasteiger partial charge in [0, 0.05) is 31.1 Å². The fourth-order valence-corrected chi connectivity index (χ4v) is 5.21. The Kier molecular flexibility index (Phi) is 6.01. The zero-order valence-electron chi connectivity index (χ0n) is 18.6. The van der Waals surface area contributed by atoms with Crippen molar-refractivity contribution in [3.8, 4) is 11.5 Å². The van der Waals surface area contributed by atoms with E-state index in [0.717, 1.165) is 44.3 Å². The number of para-hydroxylation sites is 1. The molecule has 8 heteroatoms. The second-order valence-electron chi connectivity index (χ2n) is 8.54. The normalized spacial score (nSPS) is 15.9. The van der Waals surface area contributed by atoms with Gasteiger partial charge in [-0.25, -0.2) is 4.98 Å². The van der Waals surface area contributed by atoms with Gasteiger partial charge in [0.05, 0.1) is 16.7 Å². The fraction of sp³-hybridized carbons (Fsp3) is 0.400. The molecule has 7 nitrogen and oxygen atoms in total. The van der Waals surface area contributed by atoms with E-state index in [1.807, 2.05) is 36.4 Å². The Bertz CT molecular complexity index is 1250. The van der Waals surface area contributed by atoms with E-state index < -0.39 is 5.79 Å². The van der Waals surface area contributed by atoms with Gasteiger partial charge in [-0.1, -0.05) is 37.2 Å². The zero-order valence-corrected chi connectivity index (χ0v) is 19.5. The lowest BCUT2D eigenvalue weighted by Gasteiger charge is -2.21. The zero-order chi connectivity index (χ0) is 22.8. The Morgan fingerprint density at radius 1 is 1.15 bits per heavy atom. The molecule has 33 heavy (non-hydrogen) atoms. The summed E-state index contributed by atoms with van der Waals surface area (Å²) in [4.78, 5) is 30.3. The smallest absolute Gasteiger partial charge is 0.262 e. The van der Waals surface area contributed by atoms with E-state index in [-0.39, 0.29) is 17.2 Å². The highest BCUT2D eigenvalue weighted by atomic mass is 32.2. The predicted octanol–water partition coefficient (Wildman–Crippen LogP) is 4.97. The van der Waals surface area contributed by atoms with Crippen molar-refractivity contribution in [3.05, 3.63) is 52.8 Å². The number of amides is 1. The number of fused-ring (bicyclic) bond motifs is 2. The molecule has 0 atom stereocenters. The number of rotatable bonds is 7. The number of aromatic nitrogens is 2. The Labute approximate surface area is 196 Å². The number of hydrogen-bond acceptors (Lipinski definition) is 6. The Morgan fingerprint density at radius 2 is 1.94 bits per heavy atom. The van der Waals surface area contributed by atoms with Crippen molar-refractivity contribution in [2.24, 2.45) is 0 Å². The quantitative estimate of drug-likeness (QED) is 0.392. The highest BCUT2D eigenvalue weighted by Crippen LogP contribution is 2.47. The van der Waals surface area contributed by atoms with Crippen LogP contribution >= 0.6 is 11.8 Å². The molecular formula is C25H27N3O4S. The first-order valence-electron chi connectivity index (χ1n) is 11.5. The predicted molar refractivity (Wildman–Crippen MR) is 129 cm³/mol. The molecule has 5 rings (SSSR count). The molecule has 0 saturated heterocycles. The molecule has 1 N–H and O–H groups in total. The SMILES string of the molecule is CCCCn1c(SCC(=O)Nc2ccc3c(c2)OC2(CCCC2)O3)nc2ccccc2c1=O. The van der Waals surface area contributed by atoms with Gasteiger partial charge in [0.2, 0.25) is 5.91 Å². The molecule has 1 spiro atoms. The van der Waals surface area contributed by atoms with Gasteiger partial charge in [-0.2, -0.15) is 0 Å². The van der Waals surface area contributed by atoms with E-state index >= 15 is 0 Å². The summed E-state index contributed by atoms with van der Waals surface area (Å²) in [7, 11) is 0. The number of hydrogen-bond donors (Lipinski definition) is 1. The van der Waals surface area contributed by atoms with Crippen LogP contribution in [0.15, 0.2) is 52.4 Å². The van der Waals surface area contributed by atoms with E-state index in [0.29, 0.717) is 34.0 Å². The number of benzene rings is 2. The maximum atomic E-state index is 13.0. The van der Waals surface area contributed by atoms with E-state index in [1.54, 1.807) is 10.6 Å². The number of anilines is 1. The number of unbranched alkanes of at least 4 members (excludes halogenated alkanes) is 1. The molecule has 0 unspecified atom stereocenters. The van der Waals surface area contributed by atoms with Crippen molar-refractivity contribution in [1.82, 2.24) is 9.55 Å². The Hall–Kier alpha value is -3.00. The lowest BCUT2D eigenvalue weighted by atomic mass is 10.2. The molecular weight excluding hydrogens is 438 g/mol. The summed E-state index contributed by atoms with van der Waals surface area (Å²) in [5, 5.41) is 4.09. The van der Waals surface area contributed by atoms with Crippen LogP contribution in [0.3, 0.4) is 0 Å². The number of nitrogens with one attached hydrogen (secondary N) is 1. The van der Waals surface area contributed by atoms with Gasteiger partial charge in [-0.05, 0) is 43.5 Å². The van der Waals surface area contributed by atoms with Crippen molar-refractivity contribution in [1.29, 1.82) is 0 Å². The molecule has 1 aliphatic carbocycles. The van der Waals surface area contributed by atoms with Crippen LogP contribution in [-0.4, -0.2) is 27.0 Å². The summed E-state index contributed by atoms with van der Waals surface area (Å²) >= 11 is 1.28. The van der Waals surface area contributed by atoms with Gasteiger partial charge < -0.3 is 14.8 Å². The molecule has 1 aliphatic heterocycles. The maximum Gasteiger partial charge on any atom is 0.262 e. The maximum absolute atomic E-state index is 13.0. The minimum absolute atomic E-state index is 0.0615. The van der Waals surface area contributed by atoms with Crippen molar-refractivity contribution < 1.29 is 14.3 Å². The minimum atomic E-state index is -0.523. The first-order chi connectivity index (χ1) is 16.1. The lowest BCUT2D eigenvalue weighted by Crippen LogP contribution is -2.34. The Morgan fingerprint density at radius 3 is 2.76 bits per heavy atom. The summed E-state index contributed by atoms with van der Waals surface area (Å²) in [5.41, 5.74) is 1.25. The fourth-order valence-electron chi connectivity index (χ4n) is 4.39. The second kappa shape index (κ2) is 9.09. The van der Waals surface area contributed by atoms with Crippen LogP contribution in [-0.2, 0) is 11.3 Å². The molecule has 1 fully saturated rings. The molecule has 0 bridgehead atoms. The van der Waals surface area contributed by atoms with Crippen LogP contribution in [0.2, 0.25) is 0 Å². The molecule has 2 aliphatic rings. The first kappa shape index (κ1) is 21.8.